The summed E-state index contributed by atoms with van der Waals surface area (Å²) < 4.78 is 9.21. The molecule has 8 nitrogen and oxygen atoms in total. The SMILES string of the molecule is COC(=O)[C@H](C)NC(=O)[C@@H]1[C@H](C(=O)N[C@@H](C)C(=O)OC)[C@@H]2C=C[C@H]1C2. The molecule has 0 heterocycles. The summed E-state index contributed by atoms with van der Waals surface area (Å²) in [5.74, 6) is -3.09. The Morgan fingerprint density at radius 2 is 1.20 bits per heavy atom. The first-order valence-corrected chi connectivity index (χ1v) is 8.24. The van der Waals surface area contributed by atoms with Crippen molar-refractivity contribution >= 4 is 23.8 Å². The molecular formula is C17H24N2O6. The van der Waals surface area contributed by atoms with Gasteiger partial charge in [0.15, 0.2) is 0 Å². The number of carbonyl (C=O) groups excluding carboxylic acids is 4. The maximum absolute atomic E-state index is 12.6. The lowest BCUT2D eigenvalue weighted by atomic mass is 9.81. The Labute approximate surface area is 146 Å². The van der Waals surface area contributed by atoms with Gasteiger partial charge in [-0.25, -0.2) is 9.59 Å². The van der Waals surface area contributed by atoms with E-state index < -0.39 is 35.9 Å². The number of methoxy groups -OCH3 is 2. The molecule has 0 spiro atoms. The number of fused-ring (bicyclic) bond motifs is 2. The summed E-state index contributed by atoms with van der Waals surface area (Å²) >= 11 is 0. The number of carbonyl (C=O) groups is 4. The predicted octanol–water partition coefficient (Wildman–Crippen LogP) is -0.220. The Hall–Kier alpha value is -2.38. The maximum atomic E-state index is 12.6. The highest BCUT2D eigenvalue weighted by Crippen LogP contribution is 2.48. The zero-order valence-electron chi connectivity index (χ0n) is 14.8. The first-order valence-electron chi connectivity index (χ1n) is 8.24. The van der Waals surface area contributed by atoms with Gasteiger partial charge >= 0.3 is 11.9 Å². The van der Waals surface area contributed by atoms with Gasteiger partial charge in [0.25, 0.3) is 0 Å². The summed E-state index contributed by atoms with van der Waals surface area (Å²) in [4.78, 5) is 48.3. The third-order valence-electron chi connectivity index (χ3n) is 4.89. The molecule has 25 heavy (non-hydrogen) atoms. The maximum Gasteiger partial charge on any atom is 0.328 e. The monoisotopic (exact) mass is 352 g/mol. The lowest BCUT2D eigenvalue weighted by molar-refractivity contribution is -0.147. The number of amides is 2. The molecule has 2 amide bonds. The minimum absolute atomic E-state index is 0.0565. The zero-order valence-corrected chi connectivity index (χ0v) is 14.8. The van der Waals surface area contributed by atoms with Crippen molar-refractivity contribution in [2.24, 2.45) is 23.7 Å². The molecule has 1 fully saturated rings. The number of ether oxygens (including phenoxy) is 2. The van der Waals surface area contributed by atoms with E-state index in [2.05, 4.69) is 20.1 Å². The second-order valence-electron chi connectivity index (χ2n) is 6.51. The van der Waals surface area contributed by atoms with Crippen LogP contribution >= 0.6 is 0 Å². The second-order valence-corrected chi connectivity index (χ2v) is 6.51. The molecule has 2 N–H and O–H groups in total. The van der Waals surface area contributed by atoms with Gasteiger partial charge in [-0.05, 0) is 32.1 Å². The fourth-order valence-electron chi connectivity index (χ4n) is 3.63. The van der Waals surface area contributed by atoms with Gasteiger partial charge in [0.2, 0.25) is 11.8 Å². The lowest BCUT2D eigenvalue weighted by Gasteiger charge is -2.28. The van der Waals surface area contributed by atoms with E-state index in [0.717, 1.165) is 0 Å². The molecule has 0 aromatic rings. The number of esters is 2. The Morgan fingerprint density at radius 1 is 0.840 bits per heavy atom. The van der Waals surface area contributed by atoms with E-state index >= 15 is 0 Å². The van der Waals surface area contributed by atoms with Crippen LogP contribution in [-0.2, 0) is 28.7 Å². The van der Waals surface area contributed by atoms with Crippen molar-refractivity contribution in [3.8, 4) is 0 Å². The van der Waals surface area contributed by atoms with Crippen LogP contribution in [0.25, 0.3) is 0 Å². The van der Waals surface area contributed by atoms with E-state index in [4.69, 9.17) is 0 Å². The van der Waals surface area contributed by atoms with Gasteiger partial charge in [-0.1, -0.05) is 12.2 Å². The van der Waals surface area contributed by atoms with Crippen LogP contribution in [0.1, 0.15) is 20.3 Å². The van der Waals surface area contributed by atoms with Crippen LogP contribution < -0.4 is 10.6 Å². The van der Waals surface area contributed by atoms with Crippen molar-refractivity contribution in [2.75, 3.05) is 14.2 Å². The van der Waals surface area contributed by atoms with Gasteiger partial charge in [0, 0.05) is 0 Å². The fraction of sp³-hybridized carbons (Fsp3) is 0.647. The highest BCUT2D eigenvalue weighted by molar-refractivity contribution is 5.93. The van der Waals surface area contributed by atoms with Crippen LogP contribution in [0.5, 0.6) is 0 Å². The van der Waals surface area contributed by atoms with Gasteiger partial charge in [-0.3, -0.25) is 9.59 Å². The Kier molecular flexibility index (Phi) is 5.81. The lowest BCUT2D eigenvalue weighted by Crippen LogP contribution is -2.50. The van der Waals surface area contributed by atoms with Crippen LogP contribution in [0.3, 0.4) is 0 Å². The average Bonchev–Trinajstić information content (AvgIpc) is 3.20. The molecule has 6 atom stereocenters. The van der Waals surface area contributed by atoms with Crippen LogP contribution in [0, 0.1) is 23.7 Å². The Balaban J connectivity index is 2.09. The van der Waals surface area contributed by atoms with Gasteiger partial charge in [-0.15, -0.1) is 0 Å². The summed E-state index contributed by atoms with van der Waals surface area (Å²) in [5, 5.41) is 5.22. The molecule has 1 saturated carbocycles. The van der Waals surface area contributed by atoms with Crippen LogP contribution in [0.2, 0.25) is 0 Å². The molecule has 0 saturated heterocycles. The summed E-state index contributed by atoms with van der Waals surface area (Å²) in [5.41, 5.74) is 0. The summed E-state index contributed by atoms with van der Waals surface area (Å²) in [6.07, 6.45) is 4.58. The van der Waals surface area contributed by atoms with Crippen LogP contribution in [-0.4, -0.2) is 50.1 Å². The normalized spacial score (nSPS) is 28.8. The van der Waals surface area contributed by atoms with E-state index in [0.29, 0.717) is 6.42 Å². The molecular weight excluding hydrogens is 328 g/mol. The van der Waals surface area contributed by atoms with E-state index in [1.165, 1.54) is 28.1 Å². The largest absolute Gasteiger partial charge is 0.467 e. The number of rotatable bonds is 6. The van der Waals surface area contributed by atoms with Gasteiger partial charge < -0.3 is 20.1 Å². The third-order valence-corrected chi connectivity index (χ3v) is 4.89. The van der Waals surface area contributed by atoms with E-state index in [1.54, 1.807) is 0 Å². The molecule has 2 rings (SSSR count). The van der Waals surface area contributed by atoms with Crippen LogP contribution in [0.15, 0.2) is 12.2 Å². The van der Waals surface area contributed by atoms with Gasteiger partial charge in [0.05, 0.1) is 26.1 Å². The highest BCUT2D eigenvalue weighted by Gasteiger charge is 2.52. The molecule has 0 unspecified atom stereocenters. The molecule has 8 heteroatoms. The fourth-order valence-corrected chi connectivity index (χ4v) is 3.63. The van der Waals surface area contributed by atoms with Crippen molar-refractivity contribution < 1.29 is 28.7 Å². The minimum atomic E-state index is -0.793. The molecule has 2 aliphatic rings. The van der Waals surface area contributed by atoms with Crippen molar-refractivity contribution in [1.82, 2.24) is 10.6 Å². The minimum Gasteiger partial charge on any atom is -0.467 e. The van der Waals surface area contributed by atoms with E-state index in [9.17, 15) is 19.2 Å². The quantitative estimate of drug-likeness (QED) is 0.505. The van der Waals surface area contributed by atoms with Crippen LogP contribution in [0.4, 0.5) is 0 Å². The summed E-state index contributed by atoms with van der Waals surface area (Å²) in [6.45, 7) is 3.06. The molecule has 2 bridgehead atoms. The molecule has 2 aliphatic carbocycles. The first kappa shape index (κ1) is 19.0. The Bertz CT molecular complexity index is 552. The topological polar surface area (TPSA) is 111 Å². The molecule has 138 valence electrons. The van der Waals surface area contributed by atoms with Gasteiger partial charge in [0.1, 0.15) is 12.1 Å². The van der Waals surface area contributed by atoms with E-state index in [-0.39, 0.29) is 23.7 Å². The Morgan fingerprint density at radius 3 is 1.52 bits per heavy atom. The number of allylic oxidation sites excluding steroid dienone is 2. The van der Waals surface area contributed by atoms with Crippen molar-refractivity contribution in [3.05, 3.63) is 12.2 Å². The van der Waals surface area contributed by atoms with Gasteiger partial charge in [-0.2, -0.15) is 0 Å². The second kappa shape index (κ2) is 7.67. The zero-order chi connectivity index (χ0) is 18.7. The standard InChI is InChI=1S/C17H24N2O6/c1-8(16(22)24-3)18-14(20)12-10-5-6-11(7-10)13(12)15(21)19-9(2)17(23)25-4/h5-6,8-13H,7H2,1-4H3,(H,18,20)(H,19,21)/t8-,9-,10-,11+,12-,13+/m0/s1. The number of hydrogen-bond acceptors (Lipinski definition) is 6. The summed E-state index contributed by atoms with van der Waals surface area (Å²) in [6, 6.07) is -1.59. The molecule has 0 aliphatic heterocycles. The number of nitrogens with one attached hydrogen (secondary N) is 2. The van der Waals surface area contributed by atoms with Crippen molar-refractivity contribution in [3.63, 3.8) is 0 Å². The molecule has 0 radical (unpaired) electrons. The predicted molar refractivity (Wildman–Crippen MR) is 87.0 cm³/mol. The van der Waals surface area contributed by atoms with Crippen molar-refractivity contribution in [2.45, 2.75) is 32.4 Å². The molecule has 0 aromatic heterocycles. The van der Waals surface area contributed by atoms with E-state index in [1.807, 2.05) is 12.2 Å². The highest BCUT2D eigenvalue weighted by atomic mass is 16.5. The van der Waals surface area contributed by atoms with Crippen molar-refractivity contribution in [1.29, 1.82) is 0 Å². The smallest absolute Gasteiger partial charge is 0.328 e. The third kappa shape index (κ3) is 3.83. The summed E-state index contributed by atoms with van der Waals surface area (Å²) in [7, 11) is 2.49. The average molecular weight is 352 g/mol. The molecule has 0 aromatic carbocycles. The first-order chi connectivity index (χ1) is 11.8. The number of hydrogen-bond donors (Lipinski definition) is 2.